The molecule has 0 unspecified atom stereocenters. The highest BCUT2D eigenvalue weighted by molar-refractivity contribution is 5.97. The van der Waals surface area contributed by atoms with E-state index in [1.54, 1.807) is 30.0 Å². The van der Waals surface area contributed by atoms with Crippen molar-refractivity contribution in [3.63, 3.8) is 0 Å². The summed E-state index contributed by atoms with van der Waals surface area (Å²) in [5, 5.41) is 3.04. The molecule has 2 aliphatic rings. The van der Waals surface area contributed by atoms with E-state index >= 15 is 0 Å². The Morgan fingerprint density at radius 2 is 1.83 bits per heavy atom. The predicted octanol–water partition coefficient (Wildman–Crippen LogP) is 2.54. The van der Waals surface area contributed by atoms with Crippen molar-refractivity contribution in [2.45, 2.75) is 19.4 Å². The third-order valence-electron chi connectivity index (χ3n) is 5.81. The molecule has 1 saturated heterocycles. The first-order valence-corrected chi connectivity index (χ1v) is 10.3. The molecule has 6 nitrogen and oxygen atoms in total. The van der Waals surface area contributed by atoms with Crippen LogP contribution in [0.25, 0.3) is 0 Å². The highest BCUT2D eigenvalue weighted by Gasteiger charge is 2.25. The van der Waals surface area contributed by atoms with Crippen LogP contribution in [0.2, 0.25) is 0 Å². The molecule has 2 aromatic carbocycles. The van der Waals surface area contributed by atoms with E-state index < -0.39 is 0 Å². The molecule has 2 amide bonds. The lowest BCUT2D eigenvalue weighted by atomic mass is 10.0. The Morgan fingerprint density at radius 3 is 2.53 bits per heavy atom. The first-order chi connectivity index (χ1) is 14.5. The van der Waals surface area contributed by atoms with Gasteiger partial charge in [-0.3, -0.25) is 14.5 Å². The van der Waals surface area contributed by atoms with Gasteiger partial charge in [0.15, 0.2) is 0 Å². The summed E-state index contributed by atoms with van der Waals surface area (Å²) in [7, 11) is 0. The predicted molar refractivity (Wildman–Crippen MR) is 112 cm³/mol. The average molecular weight is 411 g/mol. The number of halogens is 1. The Kier molecular flexibility index (Phi) is 6.11. The molecule has 0 aromatic heterocycles. The van der Waals surface area contributed by atoms with Gasteiger partial charge in [0.05, 0.1) is 19.3 Å². The van der Waals surface area contributed by atoms with Crippen molar-refractivity contribution in [3.05, 3.63) is 65.0 Å². The normalized spacial score (nSPS) is 17.5. The van der Waals surface area contributed by atoms with E-state index in [-0.39, 0.29) is 23.7 Å². The minimum atomic E-state index is -0.277. The fraction of sp³-hybridized carbons (Fsp3) is 0.391. The van der Waals surface area contributed by atoms with Crippen LogP contribution < -0.4 is 10.2 Å². The first-order valence-electron chi connectivity index (χ1n) is 10.3. The molecule has 0 spiro atoms. The van der Waals surface area contributed by atoms with Gasteiger partial charge in [-0.15, -0.1) is 0 Å². The number of hydrogen-bond donors (Lipinski definition) is 1. The first kappa shape index (κ1) is 20.5. The molecule has 0 saturated carbocycles. The minimum Gasteiger partial charge on any atom is -0.379 e. The lowest BCUT2D eigenvalue weighted by molar-refractivity contribution is -0.116. The summed E-state index contributed by atoms with van der Waals surface area (Å²) in [6.45, 7) is 5.43. The summed E-state index contributed by atoms with van der Waals surface area (Å²) >= 11 is 0. The fourth-order valence-corrected chi connectivity index (χ4v) is 4.19. The highest BCUT2D eigenvalue weighted by Crippen LogP contribution is 2.29. The number of anilines is 1. The molecule has 1 fully saturated rings. The van der Waals surface area contributed by atoms with Gasteiger partial charge < -0.3 is 15.0 Å². The summed E-state index contributed by atoms with van der Waals surface area (Å²) in [6.07, 6.45) is 0.752. The van der Waals surface area contributed by atoms with Crippen LogP contribution in [-0.2, 0) is 16.0 Å². The van der Waals surface area contributed by atoms with E-state index in [9.17, 15) is 14.0 Å². The van der Waals surface area contributed by atoms with E-state index in [1.165, 1.54) is 12.1 Å². The monoisotopic (exact) mass is 411 g/mol. The van der Waals surface area contributed by atoms with Gasteiger partial charge in [0, 0.05) is 44.4 Å². The number of fused-ring (bicyclic) bond motifs is 1. The quantitative estimate of drug-likeness (QED) is 0.822. The second kappa shape index (κ2) is 8.93. The molecule has 0 bridgehead atoms. The molecule has 2 aliphatic heterocycles. The zero-order valence-corrected chi connectivity index (χ0v) is 17.1. The van der Waals surface area contributed by atoms with Gasteiger partial charge in [0.1, 0.15) is 5.82 Å². The van der Waals surface area contributed by atoms with E-state index in [4.69, 9.17) is 4.74 Å². The molecular weight excluding hydrogens is 385 g/mol. The summed E-state index contributed by atoms with van der Waals surface area (Å²) in [5.74, 6) is -0.417. The number of rotatable bonds is 5. The molecule has 2 aromatic rings. The lowest BCUT2D eigenvalue weighted by Gasteiger charge is -2.35. The minimum absolute atomic E-state index is 0.0126. The molecule has 158 valence electrons. The molecule has 1 atom stereocenters. The SMILES string of the molecule is CC(=O)N1CCc2cc(C(=O)NC[C@H](c3ccc(F)cc3)N3CCOCC3)ccc21. The molecule has 7 heteroatoms. The molecule has 2 heterocycles. The number of nitrogens with one attached hydrogen (secondary N) is 1. The maximum Gasteiger partial charge on any atom is 0.251 e. The standard InChI is InChI=1S/C23H26FN3O3/c1-16(28)27-9-8-18-14-19(4-7-21(18)27)23(29)25-15-22(26-10-12-30-13-11-26)17-2-5-20(24)6-3-17/h2-7,14,22H,8-13,15H2,1H3,(H,25,29)/t22-/m1/s1. The smallest absolute Gasteiger partial charge is 0.251 e. The van der Waals surface area contributed by atoms with E-state index in [2.05, 4.69) is 10.2 Å². The second-order valence-electron chi connectivity index (χ2n) is 7.69. The maximum absolute atomic E-state index is 13.4. The van der Waals surface area contributed by atoms with Gasteiger partial charge in [-0.25, -0.2) is 4.39 Å². The van der Waals surface area contributed by atoms with Crippen molar-refractivity contribution in [2.24, 2.45) is 0 Å². The zero-order valence-electron chi connectivity index (χ0n) is 17.1. The summed E-state index contributed by atoms with van der Waals surface area (Å²) in [6, 6.07) is 11.9. The Labute approximate surface area is 175 Å². The number of morpholine rings is 1. The maximum atomic E-state index is 13.4. The number of carbonyl (C=O) groups is 2. The van der Waals surface area contributed by atoms with E-state index in [1.807, 2.05) is 12.1 Å². The van der Waals surface area contributed by atoms with E-state index in [0.717, 1.165) is 36.3 Å². The van der Waals surface area contributed by atoms with Crippen LogP contribution in [0.5, 0.6) is 0 Å². The Bertz CT molecular complexity index is 926. The largest absolute Gasteiger partial charge is 0.379 e. The summed E-state index contributed by atoms with van der Waals surface area (Å²) < 4.78 is 18.8. The van der Waals surface area contributed by atoms with Gasteiger partial charge >= 0.3 is 0 Å². The van der Waals surface area contributed by atoms with Crippen LogP contribution in [0.3, 0.4) is 0 Å². The Balaban J connectivity index is 1.47. The van der Waals surface area contributed by atoms with Crippen LogP contribution in [0.4, 0.5) is 10.1 Å². The molecule has 1 N–H and O–H groups in total. The van der Waals surface area contributed by atoms with Crippen molar-refractivity contribution in [3.8, 4) is 0 Å². The number of benzene rings is 2. The number of ether oxygens (including phenoxy) is 1. The number of carbonyl (C=O) groups excluding carboxylic acids is 2. The van der Waals surface area contributed by atoms with Crippen molar-refractivity contribution >= 4 is 17.5 Å². The molecule has 0 radical (unpaired) electrons. The number of hydrogen-bond acceptors (Lipinski definition) is 4. The van der Waals surface area contributed by atoms with Crippen molar-refractivity contribution in [1.82, 2.24) is 10.2 Å². The van der Waals surface area contributed by atoms with Gasteiger partial charge in [0.2, 0.25) is 5.91 Å². The van der Waals surface area contributed by atoms with Gasteiger partial charge in [0.25, 0.3) is 5.91 Å². The molecule has 30 heavy (non-hydrogen) atoms. The fourth-order valence-electron chi connectivity index (χ4n) is 4.19. The van der Waals surface area contributed by atoms with Crippen LogP contribution in [0, 0.1) is 5.82 Å². The summed E-state index contributed by atoms with van der Waals surface area (Å²) in [4.78, 5) is 28.5. The molecule has 4 rings (SSSR count). The van der Waals surface area contributed by atoms with Crippen LogP contribution in [0.15, 0.2) is 42.5 Å². The van der Waals surface area contributed by atoms with Crippen LogP contribution >= 0.6 is 0 Å². The van der Waals surface area contributed by atoms with Crippen molar-refractivity contribution < 1.29 is 18.7 Å². The van der Waals surface area contributed by atoms with Gasteiger partial charge in [-0.1, -0.05) is 12.1 Å². The van der Waals surface area contributed by atoms with Gasteiger partial charge in [-0.2, -0.15) is 0 Å². The molecular formula is C23H26FN3O3. The molecule has 0 aliphatic carbocycles. The van der Waals surface area contributed by atoms with Crippen LogP contribution in [-0.4, -0.2) is 56.1 Å². The topological polar surface area (TPSA) is 61.9 Å². The van der Waals surface area contributed by atoms with Crippen molar-refractivity contribution in [1.29, 1.82) is 0 Å². The second-order valence-corrected chi connectivity index (χ2v) is 7.69. The highest BCUT2D eigenvalue weighted by atomic mass is 19.1. The van der Waals surface area contributed by atoms with Crippen LogP contribution in [0.1, 0.15) is 34.5 Å². The van der Waals surface area contributed by atoms with E-state index in [0.29, 0.717) is 31.9 Å². The Morgan fingerprint density at radius 1 is 1.10 bits per heavy atom. The number of nitrogens with zero attached hydrogens (tertiary/aromatic N) is 2. The third kappa shape index (κ3) is 4.37. The average Bonchev–Trinajstić information content (AvgIpc) is 3.19. The number of amides is 2. The zero-order chi connectivity index (χ0) is 21.1. The third-order valence-corrected chi connectivity index (χ3v) is 5.81. The van der Waals surface area contributed by atoms with Gasteiger partial charge in [-0.05, 0) is 47.9 Å². The van der Waals surface area contributed by atoms with Crippen molar-refractivity contribution in [2.75, 3.05) is 44.3 Å². The lowest BCUT2D eigenvalue weighted by Crippen LogP contribution is -2.43. The summed E-state index contributed by atoms with van der Waals surface area (Å²) in [5.41, 5.74) is 3.45. The Hall–Kier alpha value is -2.77.